The normalized spacial score (nSPS) is 15.9. The van der Waals surface area contributed by atoms with E-state index in [9.17, 15) is 19.2 Å². The van der Waals surface area contributed by atoms with Crippen LogP contribution in [0, 0.1) is 5.92 Å². The summed E-state index contributed by atoms with van der Waals surface area (Å²) in [5, 5.41) is 2.82. The molecule has 1 N–H and O–H groups in total. The van der Waals surface area contributed by atoms with E-state index in [0.717, 1.165) is 10.0 Å². The van der Waals surface area contributed by atoms with Gasteiger partial charge in [-0.2, -0.15) is 0 Å². The number of anilines is 1. The van der Waals surface area contributed by atoms with E-state index < -0.39 is 11.9 Å². The maximum atomic E-state index is 12.8. The molecule has 8 heteroatoms. The molecule has 0 unspecified atom stereocenters. The second-order valence-electron chi connectivity index (χ2n) is 8.61. The zero-order chi connectivity index (χ0) is 25.7. The first-order chi connectivity index (χ1) is 17.3. The lowest BCUT2D eigenvalue weighted by Crippen LogP contribution is -2.30. The highest BCUT2D eigenvalue weighted by molar-refractivity contribution is 9.10. The lowest BCUT2D eigenvalue weighted by molar-refractivity contribution is -0.129. The van der Waals surface area contributed by atoms with Crippen LogP contribution in [0.3, 0.4) is 0 Å². The van der Waals surface area contributed by atoms with Gasteiger partial charge in [-0.25, -0.2) is 4.79 Å². The number of carbonyl (C=O) groups excluding carboxylic acids is 4. The van der Waals surface area contributed by atoms with Gasteiger partial charge in [0.15, 0.2) is 12.4 Å². The molecule has 1 saturated heterocycles. The maximum Gasteiger partial charge on any atom is 0.338 e. The fraction of sp³-hybridized carbons (Fsp3) is 0.214. The van der Waals surface area contributed by atoms with E-state index in [-0.39, 0.29) is 42.2 Å². The van der Waals surface area contributed by atoms with Crippen molar-refractivity contribution in [1.82, 2.24) is 4.90 Å². The lowest BCUT2D eigenvalue weighted by Gasteiger charge is -2.25. The number of halogens is 1. The van der Waals surface area contributed by atoms with E-state index in [1.54, 1.807) is 41.3 Å². The van der Waals surface area contributed by atoms with Gasteiger partial charge in [-0.1, -0.05) is 58.4 Å². The minimum atomic E-state index is -0.634. The summed E-state index contributed by atoms with van der Waals surface area (Å²) in [5.74, 6) is -1.70. The van der Waals surface area contributed by atoms with E-state index in [4.69, 9.17) is 4.74 Å². The van der Waals surface area contributed by atoms with Gasteiger partial charge in [0.1, 0.15) is 0 Å². The van der Waals surface area contributed by atoms with Crippen LogP contribution in [-0.2, 0) is 14.3 Å². The Morgan fingerprint density at radius 3 is 2.28 bits per heavy atom. The molecule has 7 nitrogen and oxygen atoms in total. The van der Waals surface area contributed by atoms with Gasteiger partial charge in [-0.15, -0.1) is 0 Å². The zero-order valence-corrected chi connectivity index (χ0v) is 21.2. The van der Waals surface area contributed by atoms with Gasteiger partial charge in [0.05, 0.1) is 17.5 Å². The minimum absolute atomic E-state index is 0.0534. The number of ketones is 1. The molecule has 3 aromatic rings. The summed E-state index contributed by atoms with van der Waals surface area (Å²) in [7, 11) is 0. The first kappa shape index (κ1) is 25.3. The van der Waals surface area contributed by atoms with Gasteiger partial charge >= 0.3 is 5.97 Å². The number of Topliss-reactive ketones (excluding diaryl/α,β-unsaturated/α-hetero) is 1. The number of hydrogen-bond acceptors (Lipinski definition) is 5. The van der Waals surface area contributed by atoms with E-state index in [1.165, 1.54) is 12.1 Å². The van der Waals surface area contributed by atoms with Gasteiger partial charge < -0.3 is 15.0 Å². The number of nitrogens with one attached hydrogen (secondary N) is 1. The van der Waals surface area contributed by atoms with Crippen molar-refractivity contribution in [1.29, 1.82) is 0 Å². The quantitative estimate of drug-likeness (QED) is 0.314. The fourth-order valence-electron chi connectivity index (χ4n) is 4.06. The van der Waals surface area contributed by atoms with Crippen LogP contribution in [0.1, 0.15) is 45.7 Å². The molecule has 36 heavy (non-hydrogen) atoms. The van der Waals surface area contributed by atoms with E-state index >= 15 is 0 Å². The molecule has 0 aliphatic carbocycles. The summed E-state index contributed by atoms with van der Waals surface area (Å²) in [6, 6.07) is 22.6. The van der Waals surface area contributed by atoms with Gasteiger partial charge in [0, 0.05) is 28.7 Å². The summed E-state index contributed by atoms with van der Waals surface area (Å²) in [4.78, 5) is 51.6. The summed E-state index contributed by atoms with van der Waals surface area (Å²) < 4.78 is 5.98. The van der Waals surface area contributed by atoms with Crippen molar-refractivity contribution in [3.8, 4) is 0 Å². The molecule has 0 bridgehead atoms. The average Bonchev–Trinajstić information content (AvgIpc) is 3.29. The Morgan fingerprint density at radius 2 is 1.61 bits per heavy atom. The van der Waals surface area contributed by atoms with Gasteiger partial charge in [-0.05, 0) is 48.9 Å². The van der Waals surface area contributed by atoms with E-state index in [2.05, 4.69) is 21.2 Å². The van der Waals surface area contributed by atoms with Crippen LogP contribution < -0.4 is 5.32 Å². The van der Waals surface area contributed by atoms with Crippen molar-refractivity contribution in [2.24, 2.45) is 5.92 Å². The first-order valence-electron chi connectivity index (χ1n) is 11.5. The summed E-state index contributed by atoms with van der Waals surface area (Å²) in [6.45, 7) is 1.93. The third-order valence-electron chi connectivity index (χ3n) is 6.17. The van der Waals surface area contributed by atoms with Crippen LogP contribution in [-0.4, -0.2) is 41.6 Å². The van der Waals surface area contributed by atoms with Crippen molar-refractivity contribution in [3.63, 3.8) is 0 Å². The number of benzene rings is 3. The molecule has 0 spiro atoms. The summed E-state index contributed by atoms with van der Waals surface area (Å²) in [6.07, 6.45) is 0.153. The highest BCUT2D eigenvalue weighted by Crippen LogP contribution is 2.29. The van der Waals surface area contributed by atoms with Crippen molar-refractivity contribution in [3.05, 3.63) is 100 Å². The molecular weight excluding hydrogens is 524 g/mol. The van der Waals surface area contributed by atoms with E-state index in [0.29, 0.717) is 17.8 Å². The number of esters is 1. The van der Waals surface area contributed by atoms with Gasteiger partial charge in [0.2, 0.25) is 11.8 Å². The second-order valence-corrected chi connectivity index (χ2v) is 9.52. The van der Waals surface area contributed by atoms with Gasteiger partial charge in [-0.3, -0.25) is 14.4 Å². The molecule has 1 heterocycles. The SMILES string of the molecule is C[C@H](c1ccccc1)N1C[C@@H](C(=O)Nc2ccc(C(=O)OCC(=O)c3ccc(Br)cc3)cc2)CC1=O. The highest BCUT2D eigenvalue weighted by Gasteiger charge is 2.37. The second kappa shape index (κ2) is 11.3. The Balaban J connectivity index is 1.29. The zero-order valence-electron chi connectivity index (χ0n) is 19.6. The van der Waals surface area contributed by atoms with Crippen LogP contribution in [0.2, 0.25) is 0 Å². The molecule has 1 aliphatic rings. The van der Waals surface area contributed by atoms with Crippen LogP contribution in [0.15, 0.2) is 83.3 Å². The number of ether oxygens (including phenoxy) is 1. The topological polar surface area (TPSA) is 92.8 Å². The third kappa shape index (κ3) is 6.07. The minimum Gasteiger partial charge on any atom is -0.454 e. The first-order valence-corrected chi connectivity index (χ1v) is 12.3. The number of hydrogen-bond donors (Lipinski definition) is 1. The summed E-state index contributed by atoms with van der Waals surface area (Å²) >= 11 is 3.31. The Labute approximate surface area is 217 Å². The average molecular weight is 549 g/mol. The van der Waals surface area contributed by atoms with Crippen LogP contribution in [0.4, 0.5) is 5.69 Å². The Hall–Kier alpha value is -3.78. The molecule has 0 radical (unpaired) electrons. The molecule has 2 amide bonds. The number of rotatable bonds is 8. The van der Waals surface area contributed by atoms with Crippen LogP contribution in [0.5, 0.6) is 0 Å². The Morgan fingerprint density at radius 1 is 0.972 bits per heavy atom. The molecular formula is C28H25BrN2O5. The maximum absolute atomic E-state index is 12.8. The largest absolute Gasteiger partial charge is 0.454 e. The third-order valence-corrected chi connectivity index (χ3v) is 6.70. The molecule has 0 aromatic heterocycles. The number of carbonyl (C=O) groups is 4. The molecule has 1 fully saturated rings. The number of nitrogens with zero attached hydrogens (tertiary/aromatic N) is 1. The molecule has 2 atom stereocenters. The lowest BCUT2D eigenvalue weighted by atomic mass is 10.1. The fourth-order valence-corrected chi connectivity index (χ4v) is 4.32. The Bertz CT molecular complexity index is 1260. The Kier molecular flexibility index (Phi) is 7.95. The number of amides is 2. The standard InChI is InChI=1S/C28H25BrN2O5/c1-18(19-5-3-2-4-6-19)31-16-22(15-26(31)33)27(34)30-24-13-9-21(10-14-24)28(35)36-17-25(32)20-7-11-23(29)12-8-20/h2-14,18,22H,15-17H2,1H3,(H,30,34)/t18-,22+/m1/s1. The van der Waals surface area contributed by atoms with Crippen LogP contribution in [0.25, 0.3) is 0 Å². The van der Waals surface area contributed by atoms with Crippen molar-refractivity contribution >= 4 is 45.2 Å². The molecule has 0 saturated carbocycles. The van der Waals surface area contributed by atoms with Crippen molar-refractivity contribution in [2.45, 2.75) is 19.4 Å². The van der Waals surface area contributed by atoms with Gasteiger partial charge in [0.25, 0.3) is 0 Å². The molecule has 3 aromatic carbocycles. The van der Waals surface area contributed by atoms with Crippen molar-refractivity contribution < 1.29 is 23.9 Å². The number of likely N-dealkylation sites (tertiary alicyclic amines) is 1. The van der Waals surface area contributed by atoms with E-state index in [1.807, 2.05) is 37.3 Å². The van der Waals surface area contributed by atoms with Crippen molar-refractivity contribution in [2.75, 3.05) is 18.5 Å². The smallest absolute Gasteiger partial charge is 0.338 e. The summed E-state index contributed by atoms with van der Waals surface area (Å²) in [5.41, 5.74) is 2.24. The molecule has 1 aliphatic heterocycles. The van der Waals surface area contributed by atoms with Crippen LogP contribution >= 0.6 is 15.9 Å². The highest BCUT2D eigenvalue weighted by atomic mass is 79.9. The monoisotopic (exact) mass is 548 g/mol. The predicted octanol–water partition coefficient (Wildman–Crippen LogP) is 5.04. The molecule has 184 valence electrons. The molecule has 4 rings (SSSR count). The predicted molar refractivity (Wildman–Crippen MR) is 139 cm³/mol.